The highest BCUT2D eigenvalue weighted by Gasteiger charge is 2.66. The van der Waals surface area contributed by atoms with E-state index in [1.54, 1.807) is 0 Å². The third kappa shape index (κ3) is 2.07. The lowest BCUT2D eigenvalue weighted by molar-refractivity contribution is -0.163. The molecule has 0 aromatic rings. The van der Waals surface area contributed by atoms with Crippen LogP contribution in [0.5, 0.6) is 0 Å². The van der Waals surface area contributed by atoms with Crippen molar-refractivity contribution in [1.29, 1.82) is 0 Å². The van der Waals surface area contributed by atoms with Crippen LogP contribution in [0.2, 0.25) is 0 Å². The predicted octanol–water partition coefficient (Wildman–Crippen LogP) is 0.0578. The molecule has 2 saturated carbocycles. The highest BCUT2D eigenvalue weighted by atomic mass is 16.6. The van der Waals surface area contributed by atoms with Gasteiger partial charge in [0.2, 0.25) is 0 Å². The summed E-state index contributed by atoms with van der Waals surface area (Å²) in [5.41, 5.74) is 0. The molecule has 2 bridgehead atoms. The lowest BCUT2D eigenvalue weighted by Gasteiger charge is -2.31. The van der Waals surface area contributed by atoms with E-state index in [2.05, 4.69) is 6.92 Å². The zero-order valence-corrected chi connectivity index (χ0v) is 12.2. The van der Waals surface area contributed by atoms with Crippen molar-refractivity contribution in [2.75, 3.05) is 32.8 Å². The summed E-state index contributed by atoms with van der Waals surface area (Å²) in [7, 11) is 0. The number of hydrogen-bond donors (Lipinski definition) is 0. The number of carbonyl (C=O) groups excluding carboxylic acids is 2. The van der Waals surface area contributed by atoms with E-state index in [1.165, 1.54) is 0 Å². The first kappa shape index (κ1) is 13.5. The molecule has 4 fully saturated rings. The zero-order valence-electron chi connectivity index (χ0n) is 12.2. The molecule has 4 rings (SSSR count). The fourth-order valence-corrected chi connectivity index (χ4v) is 4.63. The smallest absolute Gasteiger partial charge is 0.320 e. The minimum Gasteiger partial charge on any atom is -0.458 e. The second-order valence-electron chi connectivity index (χ2n) is 6.69. The first-order chi connectivity index (χ1) is 10.1. The monoisotopic (exact) mass is 295 g/mol. The average molecular weight is 295 g/mol. The number of nitrogens with zero attached hydrogens (tertiary/aromatic N) is 1. The Balaban J connectivity index is 1.39. The second-order valence-corrected chi connectivity index (χ2v) is 6.69. The van der Waals surface area contributed by atoms with Crippen LogP contribution < -0.4 is 0 Å². The van der Waals surface area contributed by atoms with E-state index in [1.807, 2.05) is 4.90 Å². The Bertz CT molecular complexity index is 461. The summed E-state index contributed by atoms with van der Waals surface area (Å²) in [5.74, 6) is 0.549. The molecule has 116 valence electrons. The normalized spacial score (nSPS) is 44.9. The summed E-state index contributed by atoms with van der Waals surface area (Å²) in [6.07, 6.45) is 0.524. The maximum atomic E-state index is 12.2. The fourth-order valence-electron chi connectivity index (χ4n) is 4.63. The fraction of sp³-hybridized carbons (Fsp3) is 0.867. The highest BCUT2D eigenvalue weighted by molar-refractivity contribution is 5.78. The van der Waals surface area contributed by atoms with Gasteiger partial charge in [0.15, 0.2) is 0 Å². The number of hydrogen-bond acceptors (Lipinski definition) is 6. The average Bonchev–Trinajstić information content (AvgIpc) is 3.04. The molecule has 4 aliphatic rings. The molecule has 2 aliphatic carbocycles. The number of ether oxygens (including phenoxy) is 3. The zero-order chi connectivity index (χ0) is 14.6. The Labute approximate surface area is 123 Å². The Morgan fingerprint density at radius 3 is 2.86 bits per heavy atom. The SMILES string of the molecule is CC1C2CC3C(OC(=O)C13)C2OC(=O)CN1CCOCC1. The summed E-state index contributed by atoms with van der Waals surface area (Å²) in [6.45, 7) is 5.25. The molecule has 6 heteroatoms. The van der Waals surface area contributed by atoms with Crippen molar-refractivity contribution in [2.24, 2.45) is 23.7 Å². The van der Waals surface area contributed by atoms with E-state index in [-0.39, 0.29) is 47.8 Å². The van der Waals surface area contributed by atoms with Crippen LogP contribution in [0.25, 0.3) is 0 Å². The number of rotatable bonds is 3. The van der Waals surface area contributed by atoms with Crippen molar-refractivity contribution in [3.05, 3.63) is 0 Å². The molecular weight excluding hydrogens is 274 g/mol. The van der Waals surface area contributed by atoms with E-state index in [0.29, 0.717) is 19.8 Å². The first-order valence-electron chi connectivity index (χ1n) is 7.85. The third-order valence-corrected chi connectivity index (χ3v) is 5.66. The predicted molar refractivity (Wildman–Crippen MR) is 71.3 cm³/mol. The first-order valence-corrected chi connectivity index (χ1v) is 7.85. The minimum absolute atomic E-state index is 0.0363. The van der Waals surface area contributed by atoms with Gasteiger partial charge < -0.3 is 14.2 Å². The molecule has 0 aromatic heterocycles. The number of esters is 2. The van der Waals surface area contributed by atoms with Crippen LogP contribution in [-0.2, 0) is 23.8 Å². The van der Waals surface area contributed by atoms with Gasteiger partial charge in [0.05, 0.1) is 25.7 Å². The van der Waals surface area contributed by atoms with E-state index >= 15 is 0 Å². The van der Waals surface area contributed by atoms with Gasteiger partial charge in [0.1, 0.15) is 12.2 Å². The molecule has 6 unspecified atom stereocenters. The van der Waals surface area contributed by atoms with E-state index in [9.17, 15) is 9.59 Å². The third-order valence-electron chi connectivity index (χ3n) is 5.66. The molecule has 0 radical (unpaired) electrons. The van der Waals surface area contributed by atoms with Crippen molar-refractivity contribution < 1.29 is 23.8 Å². The molecule has 0 spiro atoms. The summed E-state index contributed by atoms with van der Waals surface area (Å²) < 4.78 is 16.4. The Morgan fingerprint density at radius 2 is 2.10 bits per heavy atom. The molecule has 2 aliphatic heterocycles. The maximum absolute atomic E-state index is 12.2. The van der Waals surface area contributed by atoms with Crippen LogP contribution in [0.1, 0.15) is 13.3 Å². The standard InChI is InChI=1S/C15H21NO5/c1-8-9-6-10-12(8)15(18)21-14(10)13(9)20-11(17)7-16-2-4-19-5-3-16/h8-10,12-14H,2-7H2,1H3. The number of carbonyl (C=O) groups is 2. The molecule has 0 aromatic carbocycles. The Kier molecular flexibility index (Phi) is 3.19. The molecule has 6 nitrogen and oxygen atoms in total. The maximum Gasteiger partial charge on any atom is 0.320 e. The van der Waals surface area contributed by atoms with Crippen LogP contribution in [-0.4, -0.2) is 61.9 Å². The van der Waals surface area contributed by atoms with Crippen molar-refractivity contribution in [3.8, 4) is 0 Å². The molecular formula is C15H21NO5. The van der Waals surface area contributed by atoms with Gasteiger partial charge in [-0.15, -0.1) is 0 Å². The molecule has 0 amide bonds. The van der Waals surface area contributed by atoms with E-state index < -0.39 is 0 Å². The van der Waals surface area contributed by atoms with Crippen molar-refractivity contribution >= 4 is 11.9 Å². The number of fused-ring (bicyclic) bond motifs is 1. The highest BCUT2D eigenvalue weighted by Crippen LogP contribution is 2.58. The van der Waals surface area contributed by atoms with E-state index in [4.69, 9.17) is 14.2 Å². The quantitative estimate of drug-likeness (QED) is 0.686. The Morgan fingerprint density at radius 1 is 1.33 bits per heavy atom. The van der Waals surface area contributed by atoms with Crippen LogP contribution in [0.15, 0.2) is 0 Å². The molecule has 2 heterocycles. The summed E-state index contributed by atoms with van der Waals surface area (Å²) in [6, 6.07) is 0. The van der Waals surface area contributed by atoms with Gasteiger partial charge in [-0.3, -0.25) is 14.5 Å². The molecule has 6 atom stereocenters. The second kappa shape index (κ2) is 4.95. The van der Waals surface area contributed by atoms with Crippen molar-refractivity contribution in [3.63, 3.8) is 0 Å². The van der Waals surface area contributed by atoms with Gasteiger partial charge in [0.25, 0.3) is 0 Å². The van der Waals surface area contributed by atoms with Crippen LogP contribution in [0.3, 0.4) is 0 Å². The molecule has 0 N–H and O–H groups in total. The lowest BCUT2D eigenvalue weighted by Crippen LogP contribution is -2.44. The van der Waals surface area contributed by atoms with Crippen molar-refractivity contribution in [1.82, 2.24) is 4.90 Å². The van der Waals surface area contributed by atoms with Gasteiger partial charge in [-0.2, -0.15) is 0 Å². The van der Waals surface area contributed by atoms with Crippen molar-refractivity contribution in [2.45, 2.75) is 25.6 Å². The van der Waals surface area contributed by atoms with Crippen LogP contribution in [0.4, 0.5) is 0 Å². The summed E-state index contributed by atoms with van der Waals surface area (Å²) >= 11 is 0. The topological polar surface area (TPSA) is 65.1 Å². The van der Waals surface area contributed by atoms with Gasteiger partial charge in [0, 0.05) is 24.9 Å². The minimum atomic E-state index is -0.235. The van der Waals surface area contributed by atoms with E-state index in [0.717, 1.165) is 19.5 Å². The lowest BCUT2D eigenvalue weighted by atomic mass is 9.80. The van der Waals surface area contributed by atoms with Gasteiger partial charge in [-0.1, -0.05) is 6.92 Å². The molecule has 21 heavy (non-hydrogen) atoms. The van der Waals surface area contributed by atoms with Gasteiger partial charge in [-0.05, 0) is 12.3 Å². The van der Waals surface area contributed by atoms with Crippen LogP contribution >= 0.6 is 0 Å². The van der Waals surface area contributed by atoms with Gasteiger partial charge in [-0.25, -0.2) is 0 Å². The number of morpholine rings is 1. The summed E-state index contributed by atoms with van der Waals surface area (Å²) in [4.78, 5) is 26.1. The molecule has 2 saturated heterocycles. The largest absolute Gasteiger partial charge is 0.458 e. The van der Waals surface area contributed by atoms with Crippen LogP contribution in [0, 0.1) is 23.7 Å². The van der Waals surface area contributed by atoms with Gasteiger partial charge >= 0.3 is 11.9 Å². The summed E-state index contributed by atoms with van der Waals surface area (Å²) in [5, 5.41) is 0. The Hall–Kier alpha value is -1.14.